The summed E-state index contributed by atoms with van der Waals surface area (Å²) in [5, 5.41) is 46.2. The Labute approximate surface area is 317 Å². The number of aliphatic hydroxyl groups excluding tert-OH is 1. The Morgan fingerprint density at radius 1 is 0.815 bits per heavy atom. The summed E-state index contributed by atoms with van der Waals surface area (Å²) in [4.78, 5) is 68.0. The molecule has 4 N–H and O–H groups in total. The largest absolute Gasteiger partial charge is 0.394 e. The van der Waals surface area contributed by atoms with E-state index in [9.17, 15) is 44.4 Å². The van der Waals surface area contributed by atoms with E-state index in [1.807, 2.05) is 0 Å². The molecule has 4 saturated carbocycles. The van der Waals surface area contributed by atoms with Crippen LogP contribution < -0.4 is 0 Å². The van der Waals surface area contributed by atoms with Crippen molar-refractivity contribution in [3.63, 3.8) is 0 Å². The molecular weight excluding hydrogens is 700 g/mol. The van der Waals surface area contributed by atoms with Gasteiger partial charge in [0, 0.05) is 37.0 Å². The lowest BCUT2D eigenvalue weighted by Gasteiger charge is -2.63. The number of hydrogen-bond donors (Lipinski definition) is 4. The summed E-state index contributed by atoms with van der Waals surface area (Å²) >= 11 is 0. The van der Waals surface area contributed by atoms with Crippen molar-refractivity contribution < 1.29 is 63.3 Å². The first-order chi connectivity index (χ1) is 25.1. The van der Waals surface area contributed by atoms with Crippen LogP contribution in [0.15, 0.2) is 0 Å². The highest BCUT2D eigenvalue weighted by atomic mass is 16.7. The second-order valence-electron chi connectivity index (χ2n) is 18.9. The Kier molecular flexibility index (Phi) is 9.51. The van der Waals surface area contributed by atoms with Crippen LogP contribution in [0.3, 0.4) is 0 Å². The Morgan fingerprint density at radius 2 is 1.48 bits per heavy atom. The third-order valence-electron chi connectivity index (χ3n) is 16.6. The van der Waals surface area contributed by atoms with Gasteiger partial charge in [-0.3, -0.25) is 24.0 Å². The van der Waals surface area contributed by atoms with Gasteiger partial charge in [0.1, 0.15) is 11.9 Å². The van der Waals surface area contributed by atoms with Gasteiger partial charge in [-0.2, -0.15) is 0 Å². The van der Waals surface area contributed by atoms with E-state index >= 15 is 0 Å². The van der Waals surface area contributed by atoms with Gasteiger partial charge in [-0.1, -0.05) is 27.7 Å². The predicted octanol–water partition coefficient (Wildman–Crippen LogP) is 2.63. The van der Waals surface area contributed by atoms with Gasteiger partial charge in [-0.25, -0.2) is 0 Å². The average molecular weight is 761 g/mol. The highest BCUT2D eigenvalue weighted by Crippen LogP contribution is 2.70. The minimum atomic E-state index is -3.63. The van der Waals surface area contributed by atoms with E-state index in [2.05, 4.69) is 27.7 Å². The molecule has 7 aliphatic rings. The van der Waals surface area contributed by atoms with Crippen LogP contribution in [0.2, 0.25) is 0 Å². The predicted molar refractivity (Wildman–Crippen MR) is 189 cm³/mol. The molecular formula is C41H60O13. The molecule has 7 rings (SSSR count). The van der Waals surface area contributed by atoms with Crippen LogP contribution >= 0.6 is 0 Å². The first-order valence-corrected chi connectivity index (χ1v) is 20.1. The molecule has 0 radical (unpaired) electrons. The van der Waals surface area contributed by atoms with E-state index in [0.717, 1.165) is 59.8 Å². The van der Waals surface area contributed by atoms with Crippen molar-refractivity contribution in [2.24, 2.45) is 52.3 Å². The molecule has 0 aromatic rings. The summed E-state index contributed by atoms with van der Waals surface area (Å²) < 4.78 is 25.5. The van der Waals surface area contributed by atoms with Crippen LogP contribution in [0.4, 0.5) is 0 Å². The number of hydrogen-bond acceptors (Lipinski definition) is 13. The van der Waals surface area contributed by atoms with Crippen LogP contribution in [0.5, 0.6) is 0 Å². The third kappa shape index (κ3) is 4.76. The fraction of sp³-hybridized carbons (Fsp3) is 0.878. The average Bonchev–Trinajstić information content (AvgIpc) is 3.56. The molecule has 0 aromatic heterocycles. The van der Waals surface area contributed by atoms with E-state index in [-0.39, 0.29) is 46.9 Å². The quantitative estimate of drug-likeness (QED) is 0.276. The molecule has 3 saturated heterocycles. The van der Waals surface area contributed by atoms with Gasteiger partial charge in [0.15, 0.2) is 34.5 Å². The summed E-state index contributed by atoms with van der Waals surface area (Å²) in [6.07, 6.45) is 3.11. The van der Waals surface area contributed by atoms with Gasteiger partial charge in [-0.15, -0.1) is 0 Å². The molecule has 0 amide bonds. The third-order valence-corrected chi connectivity index (χ3v) is 16.6. The number of fused-ring (bicyclic) bond motifs is 7. The smallest absolute Gasteiger partial charge is 0.270 e. The van der Waals surface area contributed by atoms with Crippen LogP contribution in [-0.4, -0.2) is 109 Å². The molecule has 3 aliphatic heterocycles. The Balaban J connectivity index is 1.16. The topological polar surface area (TPSA) is 203 Å². The van der Waals surface area contributed by atoms with Crippen LogP contribution in [-0.2, 0) is 42.9 Å². The molecule has 302 valence electrons. The Hall–Kier alpha value is -1.97. The lowest BCUT2D eigenvalue weighted by Crippen LogP contribution is -2.91. The second-order valence-corrected chi connectivity index (χ2v) is 18.9. The van der Waals surface area contributed by atoms with Gasteiger partial charge in [0.2, 0.25) is 11.2 Å². The van der Waals surface area contributed by atoms with Crippen LogP contribution in [0.25, 0.3) is 0 Å². The van der Waals surface area contributed by atoms with Crippen molar-refractivity contribution in [3.05, 3.63) is 0 Å². The lowest BCUT2D eigenvalue weighted by molar-refractivity contribution is -0.409. The van der Waals surface area contributed by atoms with Crippen LogP contribution in [0.1, 0.15) is 113 Å². The maximum Gasteiger partial charge on any atom is 0.270 e. The zero-order valence-electron chi connectivity index (χ0n) is 33.0. The molecule has 13 heteroatoms. The van der Waals surface area contributed by atoms with Crippen molar-refractivity contribution >= 4 is 28.9 Å². The molecule has 13 nitrogen and oxygen atoms in total. The lowest BCUT2D eigenvalue weighted by atomic mass is 9.44. The van der Waals surface area contributed by atoms with Crippen LogP contribution in [0, 0.1) is 52.3 Å². The molecule has 54 heavy (non-hydrogen) atoms. The second kappa shape index (κ2) is 12.8. The SMILES string of the molecule is CC(=O)[C@@]1(O[C@H]2CC[C@@]3(C)[C@@H](CC[C@@H]4[C@@H]3CC(=O)[C@]3(C)[C@@H]5[C@H](C[C@@H]43)O[C@]3(CC[C@@H](C)CO3)[C@H]5C)C2)O[C@H](CO)[C@@](O)(C(C)=O)[C@@](O)(C(C)=O)[C@]1(O)C(C)=O. The number of ether oxygens (including phenoxy) is 4. The summed E-state index contributed by atoms with van der Waals surface area (Å²) in [5.41, 5.74) is -11.3. The van der Waals surface area contributed by atoms with E-state index in [1.165, 1.54) is 0 Å². The highest BCUT2D eigenvalue weighted by molar-refractivity contribution is 6.09. The van der Waals surface area contributed by atoms with E-state index in [0.29, 0.717) is 44.1 Å². The summed E-state index contributed by atoms with van der Waals surface area (Å²) in [6, 6.07) is 0. The number of carbonyl (C=O) groups excluding carboxylic acids is 5. The molecule has 7 fully saturated rings. The minimum absolute atomic E-state index is 0.0131. The van der Waals surface area contributed by atoms with E-state index in [1.54, 1.807) is 0 Å². The Morgan fingerprint density at radius 3 is 2.04 bits per heavy atom. The maximum absolute atomic E-state index is 14.6. The summed E-state index contributed by atoms with van der Waals surface area (Å²) in [7, 11) is 0. The molecule has 0 unspecified atom stereocenters. The highest BCUT2D eigenvalue weighted by Gasteiger charge is 2.85. The zero-order valence-corrected chi connectivity index (χ0v) is 33.0. The number of rotatable bonds is 7. The van der Waals surface area contributed by atoms with Crippen molar-refractivity contribution in [1.29, 1.82) is 0 Å². The molecule has 1 spiro atoms. The van der Waals surface area contributed by atoms with Crippen molar-refractivity contribution in [1.82, 2.24) is 0 Å². The van der Waals surface area contributed by atoms with E-state index < -0.39 is 75.7 Å². The molecule has 17 atom stereocenters. The number of ketones is 5. The number of carbonyl (C=O) groups is 5. The first-order valence-electron chi connectivity index (χ1n) is 20.1. The molecule has 0 bridgehead atoms. The molecule has 4 aliphatic carbocycles. The van der Waals surface area contributed by atoms with Gasteiger partial charge < -0.3 is 39.4 Å². The molecule has 3 heterocycles. The van der Waals surface area contributed by atoms with Gasteiger partial charge >= 0.3 is 0 Å². The van der Waals surface area contributed by atoms with Crippen molar-refractivity contribution in [2.75, 3.05) is 13.2 Å². The van der Waals surface area contributed by atoms with Crippen molar-refractivity contribution in [3.8, 4) is 0 Å². The number of Topliss-reactive ketones (excluding diaryl/α,β-unsaturated/α-hetero) is 5. The number of aliphatic hydroxyl groups is 4. The minimum Gasteiger partial charge on any atom is -0.394 e. The van der Waals surface area contributed by atoms with Gasteiger partial charge in [-0.05, 0) is 101 Å². The van der Waals surface area contributed by atoms with Gasteiger partial charge in [0.05, 0.1) is 25.4 Å². The molecule has 0 aromatic carbocycles. The standard InChI is InChI=1S/C41H60O13/c1-20-11-14-37(51-19-20)21(2)34-31(53-37)16-30-28-10-9-26-15-27(12-13-35(26,7)29(28)17-32(47)36(30,34)8)52-41(25(6)46)40(50,24(5)45)39(49,23(4)44)38(48,22(3)43)33(18-42)54-41/h20-21,26-31,33-34,42,48-50H,9-19H2,1-8H3/t20-,21+,26+,27+,28-,29+,30+,31+,33-,34+,35+,36-,37-,38+,39+,40-,41-/m1/s1. The fourth-order valence-corrected chi connectivity index (χ4v) is 13.6. The van der Waals surface area contributed by atoms with Crippen molar-refractivity contribution in [2.45, 2.75) is 160 Å². The zero-order chi connectivity index (χ0) is 39.8. The fourth-order valence-electron chi connectivity index (χ4n) is 13.6. The van der Waals surface area contributed by atoms with Gasteiger partial charge in [0.25, 0.3) is 5.79 Å². The maximum atomic E-state index is 14.6. The first kappa shape index (κ1) is 40.2. The monoisotopic (exact) mass is 760 g/mol. The normalized spacial score (nSPS) is 54.0. The van der Waals surface area contributed by atoms with E-state index in [4.69, 9.17) is 18.9 Å². The Bertz CT molecular complexity index is 1620. The summed E-state index contributed by atoms with van der Waals surface area (Å²) in [5.74, 6) is -7.25. The summed E-state index contributed by atoms with van der Waals surface area (Å²) in [6.45, 7) is 11.7.